The average Bonchev–Trinajstić information content (AvgIpc) is 3.82. The van der Waals surface area contributed by atoms with Crippen LogP contribution in [0.2, 0.25) is 0 Å². The number of aliphatic hydroxyl groups is 1. The van der Waals surface area contributed by atoms with Gasteiger partial charge in [0, 0.05) is 48.3 Å². The molecule has 0 saturated heterocycles. The van der Waals surface area contributed by atoms with Gasteiger partial charge in [-0.1, -0.05) is 0 Å². The van der Waals surface area contributed by atoms with Crippen molar-refractivity contribution in [1.82, 2.24) is 20.3 Å². The van der Waals surface area contributed by atoms with Gasteiger partial charge >= 0.3 is 6.09 Å². The van der Waals surface area contributed by atoms with Gasteiger partial charge in [0.15, 0.2) is 5.89 Å². The maximum atomic E-state index is 14.3. The normalized spacial score (nSPS) is 23.5. The molecule has 2 N–H and O–H groups in total. The summed E-state index contributed by atoms with van der Waals surface area (Å²) in [7, 11) is 1.67. The van der Waals surface area contributed by atoms with Crippen molar-refractivity contribution in [3.05, 3.63) is 54.0 Å². The van der Waals surface area contributed by atoms with Crippen LogP contribution in [0.15, 0.2) is 41.1 Å². The van der Waals surface area contributed by atoms with E-state index in [2.05, 4.69) is 11.4 Å². The van der Waals surface area contributed by atoms with Gasteiger partial charge in [-0.2, -0.15) is 0 Å². The van der Waals surface area contributed by atoms with Crippen molar-refractivity contribution in [2.75, 3.05) is 25.1 Å². The van der Waals surface area contributed by atoms with Crippen molar-refractivity contribution in [3.8, 4) is 17.0 Å². The number of oxazole rings is 1. The molecule has 11 heteroatoms. The van der Waals surface area contributed by atoms with Gasteiger partial charge in [0.25, 0.3) is 0 Å². The summed E-state index contributed by atoms with van der Waals surface area (Å²) in [6.07, 6.45) is 10.8. The molecule has 0 spiro atoms. The van der Waals surface area contributed by atoms with Crippen LogP contribution in [0.1, 0.15) is 100 Å². The summed E-state index contributed by atoms with van der Waals surface area (Å²) < 4.78 is 16.7. The zero-order valence-corrected chi connectivity index (χ0v) is 27.7. The highest BCUT2D eigenvalue weighted by Gasteiger charge is 2.35. The fraction of sp³-hybridized carbons (Fsp3) is 0.583. The molecule has 1 atom stereocenters. The molecule has 3 fully saturated rings. The standard InChI is InChI=1S/C36H47N5O6/c1-22(42)19-38-36(44)47-29-12-10-27(11-13-29)35(43)41(33-18-28(16-17-37-33)31-21-46-34(40-31)26-8-9-26)20-24-4-6-25(7-5-24)30-14-15-32(45-3)23(2)39-30/h14-18,21-22,24-27,29,42H,4-13,19-20H2,1-3H3,(H,38,44)/t22-,24-,25-,27-,29-/m0/s1. The second-order valence-electron chi connectivity index (χ2n) is 13.5. The van der Waals surface area contributed by atoms with E-state index in [1.165, 1.54) is 0 Å². The van der Waals surface area contributed by atoms with Crippen LogP contribution < -0.4 is 15.0 Å². The van der Waals surface area contributed by atoms with E-state index in [0.29, 0.717) is 55.8 Å². The number of carbonyl (C=O) groups excluding carboxylic acids is 2. The first-order valence-electron chi connectivity index (χ1n) is 17.1. The van der Waals surface area contributed by atoms with E-state index in [1.807, 2.05) is 30.0 Å². The van der Waals surface area contributed by atoms with Crippen molar-refractivity contribution < 1.29 is 28.6 Å². The van der Waals surface area contributed by atoms with E-state index < -0.39 is 12.2 Å². The zero-order chi connectivity index (χ0) is 32.9. The number of alkyl carbamates (subject to hydrolysis) is 1. The number of rotatable bonds is 11. The third kappa shape index (κ3) is 8.30. The number of nitrogens with zero attached hydrogens (tertiary/aromatic N) is 4. The van der Waals surface area contributed by atoms with E-state index in [1.54, 1.807) is 26.5 Å². The van der Waals surface area contributed by atoms with Crippen molar-refractivity contribution in [3.63, 3.8) is 0 Å². The number of pyridine rings is 2. The Morgan fingerprint density at radius 3 is 2.45 bits per heavy atom. The minimum atomic E-state index is -0.642. The second-order valence-corrected chi connectivity index (χ2v) is 13.5. The Hall–Kier alpha value is -3.99. The first-order chi connectivity index (χ1) is 22.8. The van der Waals surface area contributed by atoms with Crippen LogP contribution in [-0.2, 0) is 9.53 Å². The molecular weight excluding hydrogens is 598 g/mol. The number of aromatic nitrogens is 3. The molecule has 252 valence electrons. The van der Waals surface area contributed by atoms with Gasteiger partial charge in [0.05, 0.1) is 18.9 Å². The minimum absolute atomic E-state index is 0.0695. The molecule has 3 aliphatic carbocycles. The van der Waals surface area contributed by atoms with Crippen LogP contribution in [0.3, 0.4) is 0 Å². The predicted molar refractivity (Wildman–Crippen MR) is 176 cm³/mol. The largest absolute Gasteiger partial charge is 0.495 e. The fourth-order valence-corrected chi connectivity index (χ4v) is 6.94. The van der Waals surface area contributed by atoms with E-state index in [-0.39, 0.29) is 24.5 Å². The average molecular weight is 646 g/mol. The van der Waals surface area contributed by atoms with Gasteiger partial charge in [0.1, 0.15) is 29.6 Å². The van der Waals surface area contributed by atoms with Crippen molar-refractivity contribution >= 4 is 17.8 Å². The highest BCUT2D eigenvalue weighted by atomic mass is 16.6. The monoisotopic (exact) mass is 645 g/mol. The molecule has 0 bridgehead atoms. The lowest BCUT2D eigenvalue weighted by atomic mass is 9.79. The second kappa shape index (κ2) is 14.8. The lowest BCUT2D eigenvalue weighted by Gasteiger charge is -2.35. The van der Waals surface area contributed by atoms with Gasteiger partial charge < -0.3 is 24.3 Å². The van der Waals surface area contributed by atoms with Crippen molar-refractivity contribution in [1.29, 1.82) is 0 Å². The smallest absolute Gasteiger partial charge is 0.407 e. The molecule has 3 saturated carbocycles. The van der Waals surface area contributed by atoms with Gasteiger partial charge in [-0.05, 0) is 108 Å². The first-order valence-corrected chi connectivity index (χ1v) is 17.1. The summed E-state index contributed by atoms with van der Waals surface area (Å²) in [5, 5.41) is 12.0. The summed E-state index contributed by atoms with van der Waals surface area (Å²) in [6, 6.07) is 7.97. The molecule has 2 amide bonds. The Balaban J connectivity index is 1.14. The molecule has 0 aliphatic heterocycles. The number of nitrogens with one attached hydrogen (secondary N) is 1. The number of aliphatic hydroxyl groups excluding tert-OH is 1. The number of anilines is 1. The van der Waals surface area contributed by atoms with Crippen molar-refractivity contribution in [2.45, 2.75) is 102 Å². The molecule has 47 heavy (non-hydrogen) atoms. The lowest BCUT2D eigenvalue weighted by molar-refractivity contribution is -0.124. The maximum Gasteiger partial charge on any atom is 0.407 e. The van der Waals surface area contributed by atoms with E-state index in [4.69, 9.17) is 28.8 Å². The molecule has 6 rings (SSSR count). The van der Waals surface area contributed by atoms with E-state index in [0.717, 1.165) is 72.8 Å². The number of amides is 2. The third-order valence-corrected chi connectivity index (χ3v) is 9.86. The summed E-state index contributed by atoms with van der Waals surface area (Å²) >= 11 is 0. The van der Waals surface area contributed by atoms with Gasteiger partial charge in [0.2, 0.25) is 5.91 Å². The van der Waals surface area contributed by atoms with Gasteiger partial charge in [-0.15, -0.1) is 0 Å². The summed E-state index contributed by atoms with van der Waals surface area (Å²) in [5.41, 5.74) is 3.66. The fourth-order valence-electron chi connectivity index (χ4n) is 6.94. The number of ether oxygens (including phenoxy) is 2. The molecule has 11 nitrogen and oxygen atoms in total. The van der Waals surface area contributed by atoms with Crippen LogP contribution in [0.4, 0.5) is 10.6 Å². The lowest BCUT2D eigenvalue weighted by Crippen LogP contribution is -2.43. The molecule has 0 unspecified atom stereocenters. The highest BCUT2D eigenvalue weighted by Crippen LogP contribution is 2.41. The number of hydrogen-bond donors (Lipinski definition) is 2. The third-order valence-electron chi connectivity index (χ3n) is 9.86. The molecule has 0 radical (unpaired) electrons. The number of aryl methyl sites for hydroxylation is 1. The minimum Gasteiger partial charge on any atom is -0.495 e. The van der Waals surface area contributed by atoms with Crippen LogP contribution in [0.5, 0.6) is 5.75 Å². The Morgan fingerprint density at radius 2 is 1.77 bits per heavy atom. The Labute approximate surface area is 276 Å². The van der Waals surface area contributed by atoms with Crippen LogP contribution in [0.25, 0.3) is 11.3 Å². The summed E-state index contributed by atoms with van der Waals surface area (Å²) in [5.74, 6) is 3.25. The molecule has 3 aromatic heterocycles. The Bertz CT molecular complexity index is 1520. The van der Waals surface area contributed by atoms with E-state index in [9.17, 15) is 14.7 Å². The number of methoxy groups -OCH3 is 1. The highest BCUT2D eigenvalue weighted by molar-refractivity contribution is 5.94. The van der Waals surface area contributed by atoms with Crippen LogP contribution >= 0.6 is 0 Å². The number of carbonyl (C=O) groups is 2. The summed E-state index contributed by atoms with van der Waals surface area (Å²) in [6.45, 7) is 4.33. The van der Waals surface area contributed by atoms with Crippen LogP contribution in [0, 0.1) is 18.8 Å². The zero-order valence-electron chi connectivity index (χ0n) is 27.7. The van der Waals surface area contributed by atoms with Gasteiger partial charge in [-0.25, -0.2) is 14.8 Å². The molecule has 0 aromatic carbocycles. The molecule has 3 aromatic rings. The van der Waals surface area contributed by atoms with Gasteiger partial charge in [-0.3, -0.25) is 14.7 Å². The Kier molecular flexibility index (Phi) is 10.4. The first kappa shape index (κ1) is 32.9. The molecule has 3 heterocycles. The quantitative estimate of drug-likeness (QED) is 0.246. The predicted octanol–water partition coefficient (Wildman–Crippen LogP) is 6.30. The van der Waals surface area contributed by atoms with Crippen LogP contribution in [-0.4, -0.2) is 64.5 Å². The molecule has 3 aliphatic rings. The molecular formula is C36H47N5O6. The topological polar surface area (TPSA) is 140 Å². The number of hydrogen-bond acceptors (Lipinski definition) is 9. The van der Waals surface area contributed by atoms with Crippen molar-refractivity contribution in [2.24, 2.45) is 11.8 Å². The summed E-state index contributed by atoms with van der Waals surface area (Å²) in [4.78, 5) is 42.6. The van der Waals surface area contributed by atoms with E-state index >= 15 is 0 Å². The maximum absolute atomic E-state index is 14.3. The Morgan fingerprint density at radius 1 is 1.02 bits per heavy atom. The SMILES string of the molecule is COc1ccc([C@H]2CC[C@H](CN(c3cc(-c4coc(C5CC5)n4)ccn3)C(=O)[C@H]3CC[C@H](OC(=O)NC[C@H](C)O)CC3)CC2)nc1C.